The quantitative estimate of drug-likeness (QED) is 0.406. The molecule has 0 spiro atoms. The topological polar surface area (TPSA) is 26.3 Å². The van der Waals surface area contributed by atoms with Gasteiger partial charge in [0.05, 0.1) is 7.11 Å². The predicted octanol–water partition coefficient (Wildman–Crippen LogP) is -0.990. The van der Waals surface area contributed by atoms with Crippen LogP contribution in [0.3, 0.4) is 0 Å². The van der Waals surface area contributed by atoms with Crippen LogP contribution >= 0.6 is 0 Å². The first-order valence-electron chi connectivity index (χ1n) is 4.46. The first-order chi connectivity index (χ1) is 7.69. The molecule has 0 atom stereocenters. The Morgan fingerprint density at radius 3 is 1.94 bits per heavy atom. The van der Waals surface area contributed by atoms with Gasteiger partial charge in [-0.05, 0) is 0 Å². The SMILES string of the molecule is COC(=O)C(F)(F)c1ccc([B-](F)(F)F)cc1.[K+]. The second kappa shape index (κ2) is 6.47. The third kappa shape index (κ3) is 4.02. The summed E-state index contributed by atoms with van der Waals surface area (Å²) < 4.78 is 67.0. The van der Waals surface area contributed by atoms with Gasteiger partial charge in [-0.3, -0.25) is 0 Å². The molecule has 1 rings (SSSR count). The minimum Gasteiger partial charge on any atom is -0.464 e. The third-order valence-electron chi connectivity index (χ3n) is 2.09. The molecule has 0 N–H and O–H groups in total. The van der Waals surface area contributed by atoms with E-state index in [1.807, 2.05) is 0 Å². The molecule has 1 aromatic rings. The van der Waals surface area contributed by atoms with Crippen LogP contribution in [0.4, 0.5) is 21.7 Å². The molecule has 0 aliphatic rings. The van der Waals surface area contributed by atoms with Crippen molar-refractivity contribution in [3.8, 4) is 0 Å². The van der Waals surface area contributed by atoms with Crippen LogP contribution < -0.4 is 56.8 Å². The van der Waals surface area contributed by atoms with Crippen LogP contribution in [0, 0.1) is 0 Å². The number of carbonyl (C=O) groups is 1. The van der Waals surface area contributed by atoms with E-state index in [4.69, 9.17) is 0 Å². The summed E-state index contributed by atoms with van der Waals surface area (Å²) in [6, 6.07) is 2.13. The van der Waals surface area contributed by atoms with Crippen LogP contribution in [0.5, 0.6) is 0 Å². The number of rotatable bonds is 3. The fourth-order valence-electron chi connectivity index (χ4n) is 1.16. The van der Waals surface area contributed by atoms with Crippen molar-refractivity contribution in [3.63, 3.8) is 0 Å². The van der Waals surface area contributed by atoms with Crippen molar-refractivity contribution >= 4 is 18.4 Å². The summed E-state index contributed by atoms with van der Waals surface area (Å²) in [4.78, 5) is 10.7. The summed E-state index contributed by atoms with van der Waals surface area (Å²) in [5.41, 5.74) is -1.84. The Kier molecular flexibility index (Phi) is 6.48. The third-order valence-corrected chi connectivity index (χ3v) is 2.09. The first-order valence-corrected chi connectivity index (χ1v) is 4.46. The number of halogens is 5. The van der Waals surface area contributed by atoms with E-state index >= 15 is 0 Å². The fraction of sp³-hybridized carbons (Fsp3) is 0.222. The molecule has 1 aromatic carbocycles. The summed E-state index contributed by atoms with van der Waals surface area (Å²) in [5.74, 6) is -5.77. The van der Waals surface area contributed by atoms with E-state index in [1.165, 1.54) is 0 Å². The van der Waals surface area contributed by atoms with Crippen LogP contribution in [0.2, 0.25) is 0 Å². The monoisotopic (exact) mass is 292 g/mol. The molecule has 0 aliphatic carbocycles. The van der Waals surface area contributed by atoms with Crippen molar-refractivity contribution < 1.29 is 82.6 Å². The van der Waals surface area contributed by atoms with Crippen molar-refractivity contribution in [2.75, 3.05) is 7.11 Å². The average molecular weight is 292 g/mol. The second-order valence-corrected chi connectivity index (χ2v) is 3.26. The van der Waals surface area contributed by atoms with Gasteiger partial charge in [-0.15, -0.1) is 5.46 Å². The van der Waals surface area contributed by atoms with Crippen molar-refractivity contribution in [1.82, 2.24) is 0 Å². The normalized spacial score (nSPS) is 11.7. The Balaban J connectivity index is 0.00000289. The summed E-state index contributed by atoms with van der Waals surface area (Å²) in [6.07, 6.45) is 0. The maximum atomic E-state index is 13.2. The summed E-state index contributed by atoms with van der Waals surface area (Å²) in [7, 11) is 0.767. The minimum absolute atomic E-state index is 0. The van der Waals surface area contributed by atoms with Gasteiger partial charge >= 0.3 is 70.3 Å². The Hall–Kier alpha value is 0.0413. The van der Waals surface area contributed by atoms with Crippen LogP contribution in [0.15, 0.2) is 24.3 Å². The van der Waals surface area contributed by atoms with E-state index in [0.717, 1.165) is 7.11 Å². The molecule has 0 aromatic heterocycles. The molecule has 0 saturated heterocycles. The number of esters is 1. The molecule has 0 bridgehead atoms. The second-order valence-electron chi connectivity index (χ2n) is 3.26. The zero-order valence-electron chi connectivity index (χ0n) is 9.59. The molecule has 18 heavy (non-hydrogen) atoms. The number of carbonyl (C=O) groups excluding carboxylic acids is 1. The van der Waals surface area contributed by atoms with E-state index in [-0.39, 0.29) is 51.4 Å². The summed E-state index contributed by atoms with van der Waals surface area (Å²) >= 11 is 0. The first kappa shape index (κ1) is 18.0. The van der Waals surface area contributed by atoms with Gasteiger partial charge in [0.15, 0.2) is 0 Å². The molecule has 0 heterocycles. The van der Waals surface area contributed by atoms with Crippen molar-refractivity contribution in [2.24, 2.45) is 0 Å². The Labute approximate surface area is 142 Å². The smallest absolute Gasteiger partial charge is 0.464 e. The van der Waals surface area contributed by atoms with Crippen LogP contribution in [-0.2, 0) is 15.5 Å². The van der Waals surface area contributed by atoms with Crippen LogP contribution in [0.25, 0.3) is 0 Å². The number of hydrogen-bond donors (Lipinski definition) is 0. The van der Waals surface area contributed by atoms with E-state index < -0.39 is 29.9 Å². The summed E-state index contributed by atoms with van der Waals surface area (Å²) in [6.45, 7) is -5.24. The average Bonchev–Trinajstić information content (AvgIpc) is 2.27. The Morgan fingerprint density at radius 2 is 1.61 bits per heavy atom. The van der Waals surface area contributed by atoms with Gasteiger partial charge in [0.1, 0.15) is 0 Å². The molecular weight excluding hydrogens is 285 g/mol. The van der Waals surface area contributed by atoms with E-state index in [1.54, 1.807) is 0 Å². The Morgan fingerprint density at radius 1 is 1.17 bits per heavy atom. The molecule has 9 heteroatoms. The fourth-order valence-corrected chi connectivity index (χ4v) is 1.16. The molecule has 0 aliphatic heterocycles. The molecule has 0 fully saturated rings. The molecule has 94 valence electrons. The van der Waals surface area contributed by atoms with E-state index in [0.29, 0.717) is 24.3 Å². The largest absolute Gasteiger partial charge is 1.00 e. The number of ether oxygens (including phenoxy) is 1. The molecule has 0 radical (unpaired) electrons. The number of alkyl halides is 2. The maximum absolute atomic E-state index is 13.2. The number of benzene rings is 1. The zero-order valence-corrected chi connectivity index (χ0v) is 12.7. The molecule has 0 saturated carbocycles. The minimum atomic E-state index is -5.24. The van der Waals surface area contributed by atoms with Gasteiger partial charge in [0.2, 0.25) is 0 Å². The van der Waals surface area contributed by atoms with E-state index in [9.17, 15) is 26.5 Å². The van der Waals surface area contributed by atoms with Gasteiger partial charge in [-0.25, -0.2) is 4.79 Å². The number of hydrogen-bond acceptors (Lipinski definition) is 2. The zero-order chi connectivity index (χ0) is 13.3. The maximum Gasteiger partial charge on any atom is 1.00 e. The Bertz CT molecular complexity index is 418. The molecule has 2 nitrogen and oxygen atoms in total. The predicted molar refractivity (Wildman–Crippen MR) is 51.1 cm³/mol. The van der Waals surface area contributed by atoms with Gasteiger partial charge in [0, 0.05) is 5.56 Å². The van der Waals surface area contributed by atoms with Crippen LogP contribution in [-0.4, -0.2) is 20.1 Å². The van der Waals surface area contributed by atoms with Crippen LogP contribution in [0.1, 0.15) is 5.56 Å². The molecule has 0 unspecified atom stereocenters. The molecule has 0 amide bonds. The van der Waals surface area contributed by atoms with Gasteiger partial charge < -0.3 is 17.7 Å². The van der Waals surface area contributed by atoms with Crippen molar-refractivity contribution in [3.05, 3.63) is 29.8 Å². The van der Waals surface area contributed by atoms with Crippen molar-refractivity contribution in [1.29, 1.82) is 0 Å². The van der Waals surface area contributed by atoms with Crippen molar-refractivity contribution in [2.45, 2.75) is 5.92 Å². The van der Waals surface area contributed by atoms with E-state index in [2.05, 4.69) is 4.74 Å². The molecular formula is C9H7BF5KO2. The van der Waals surface area contributed by atoms with Gasteiger partial charge in [0.25, 0.3) is 0 Å². The standard InChI is InChI=1S/C9H7BF5O2.K/c1-17-8(16)9(11,12)6-2-4-7(5-3-6)10(13,14)15;/h2-5H,1H3;/q-1;+1. The number of methoxy groups -OCH3 is 1. The van der Waals surface area contributed by atoms with Gasteiger partial charge in [-0.1, -0.05) is 24.3 Å². The van der Waals surface area contributed by atoms with Gasteiger partial charge in [-0.2, -0.15) is 8.78 Å². The summed E-state index contributed by atoms with van der Waals surface area (Å²) in [5, 5.41) is 0.